The fraction of sp³-hybridized carbons (Fsp3) is 0.500. The molecule has 1 aromatic carbocycles. The van der Waals surface area contributed by atoms with Crippen LogP contribution < -0.4 is 10.0 Å². The third-order valence-corrected chi connectivity index (χ3v) is 6.64. The summed E-state index contributed by atoms with van der Waals surface area (Å²) in [6, 6.07) is 5.79. The molecule has 0 bridgehead atoms. The van der Waals surface area contributed by atoms with Crippen LogP contribution in [0.15, 0.2) is 29.2 Å². The summed E-state index contributed by atoms with van der Waals surface area (Å²) in [6.07, 6.45) is 1.94. The number of carbonyl (C=O) groups excluding carboxylic acids is 1. The number of carbonyl (C=O) groups is 1. The fourth-order valence-electron chi connectivity index (χ4n) is 2.50. The number of nitrogens with one attached hydrogen (secondary N) is 2. The number of aromatic nitrogens is 2. The highest BCUT2D eigenvalue weighted by Gasteiger charge is 2.22. The van der Waals surface area contributed by atoms with Crippen molar-refractivity contribution in [3.63, 3.8) is 0 Å². The van der Waals surface area contributed by atoms with Crippen molar-refractivity contribution in [2.45, 2.75) is 63.8 Å². The molecule has 0 spiro atoms. The Morgan fingerprint density at radius 1 is 1.11 bits per heavy atom. The molecule has 0 unspecified atom stereocenters. The lowest BCUT2D eigenvalue weighted by atomic mass is 10.1. The second-order valence-electron chi connectivity index (χ2n) is 7.29. The number of amides is 1. The number of anilines is 1. The van der Waals surface area contributed by atoms with Crippen molar-refractivity contribution in [1.29, 1.82) is 0 Å². The highest BCUT2D eigenvalue weighted by atomic mass is 32.2. The molecule has 2 rings (SSSR count). The minimum Gasteiger partial charge on any atom is -0.296 e. The van der Waals surface area contributed by atoms with Crippen molar-refractivity contribution in [3.8, 4) is 0 Å². The van der Waals surface area contributed by atoms with Crippen molar-refractivity contribution >= 4 is 32.4 Å². The first kappa shape index (κ1) is 21.5. The number of rotatable bonds is 7. The quantitative estimate of drug-likeness (QED) is 0.723. The minimum absolute atomic E-state index is 0.112. The van der Waals surface area contributed by atoms with E-state index in [1.807, 2.05) is 0 Å². The van der Waals surface area contributed by atoms with Gasteiger partial charge in [0.25, 0.3) is 5.91 Å². The van der Waals surface area contributed by atoms with Crippen molar-refractivity contribution in [1.82, 2.24) is 14.9 Å². The van der Waals surface area contributed by atoms with Gasteiger partial charge in [-0.3, -0.25) is 10.1 Å². The Morgan fingerprint density at radius 3 is 2.22 bits per heavy atom. The van der Waals surface area contributed by atoms with Crippen LogP contribution in [0.5, 0.6) is 0 Å². The van der Waals surface area contributed by atoms with Crippen LogP contribution in [0.4, 0.5) is 5.13 Å². The van der Waals surface area contributed by atoms with Crippen LogP contribution in [0.2, 0.25) is 0 Å². The van der Waals surface area contributed by atoms with Crippen molar-refractivity contribution in [2.24, 2.45) is 0 Å². The van der Waals surface area contributed by atoms with Gasteiger partial charge < -0.3 is 0 Å². The minimum atomic E-state index is -3.63. The Labute approximate surface area is 164 Å². The zero-order chi connectivity index (χ0) is 20.2. The number of nitrogens with zero attached hydrogens (tertiary/aromatic N) is 2. The summed E-state index contributed by atoms with van der Waals surface area (Å²) in [5, 5.41) is 12.2. The van der Waals surface area contributed by atoms with Crippen LogP contribution in [0.3, 0.4) is 0 Å². The number of hydrogen-bond donors (Lipinski definition) is 2. The van der Waals surface area contributed by atoms with E-state index in [4.69, 9.17) is 0 Å². The predicted molar refractivity (Wildman–Crippen MR) is 108 cm³/mol. The lowest BCUT2D eigenvalue weighted by molar-refractivity contribution is 0.102. The maximum atomic E-state index is 12.4. The van der Waals surface area contributed by atoms with Crippen LogP contribution in [-0.4, -0.2) is 30.1 Å². The first-order chi connectivity index (χ1) is 12.6. The molecule has 148 valence electrons. The summed E-state index contributed by atoms with van der Waals surface area (Å²) in [6.45, 7) is 9.49. The summed E-state index contributed by atoms with van der Waals surface area (Å²) in [5.41, 5.74) is -0.233. The summed E-state index contributed by atoms with van der Waals surface area (Å²) < 4.78 is 27.2. The van der Waals surface area contributed by atoms with E-state index in [1.165, 1.54) is 35.6 Å². The molecule has 9 heteroatoms. The highest BCUT2D eigenvalue weighted by molar-refractivity contribution is 7.89. The zero-order valence-electron chi connectivity index (χ0n) is 16.2. The van der Waals surface area contributed by atoms with E-state index in [-0.39, 0.29) is 10.8 Å². The van der Waals surface area contributed by atoms with Crippen molar-refractivity contribution in [2.75, 3.05) is 5.32 Å². The molecule has 0 atom stereocenters. The third-order valence-electron chi connectivity index (χ3n) is 3.86. The van der Waals surface area contributed by atoms with E-state index in [9.17, 15) is 13.2 Å². The van der Waals surface area contributed by atoms with E-state index in [0.717, 1.165) is 17.8 Å². The molecular formula is C18H26N4O3S2. The molecule has 0 saturated carbocycles. The van der Waals surface area contributed by atoms with E-state index < -0.39 is 15.6 Å². The number of benzene rings is 1. The molecule has 0 aliphatic rings. The van der Waals surface area contributed by atoms with Gasteiger partial charge in [0, 0.05) is 17.0 Å². The van der Waals surface area contributed by atoms with Gasteiger partial charge in [0.05, 0.1) is 4.90 Å². The van der Waals surface area contributed by atoms with Crippen molar-refractivity contribution in [3.05, 3.63) is 34.8 Å². The zero-order valence-corrected chi connectivity index (χ0v) is 17.9. The molecule has 1 amide bonds. The molecule has 0 aliphatic carbocycles. The largest absolute Gasteiger partial charge is 0.296 e. The smallest absolute Gasteiger partial charge is 0.257 e. The van der Waals surface area contributed by atoms with Gasteiger partial charge in [-0.1, -0.05) is 25.2 Å². The van der Waals surface area contributed by atoms with Gasteiger partial charge in [-0.25, -0.2) is 13.1 Å². The maximum Gasteiger partial charge on any atom is 0.257 e. The first-order valence-electron chi connectivity index (χ1n) is 8.84. The Balaban J connectivity index is 2.10. The molecule has 0 fully saturated rings. The molecule has 0 saturated heterocycles. The normalized spacial score (nSPS) is 12.4. The summed E-state index contributed by atoms with van der Waals surface area (Å²) in [4.78, 5) is 12.5. The van der Waals surface area contributed by atoms with Gasteiger partial charge in [0.1, 0.15) is 5.01 Å². The van der Waals surface area contributed by atoms with Gasteiger partial charge in [-0.15, -0.1) is 10.2 Å². The predicted octanol–water partition coefficient (Wildman–Crippen LogP) is 3.77. The first-order valence-corrected chi connectivity index (χ1v) is 11.1. The summed E-state index contributed by atoms with van der Waals surface area (Å²) >= 11 is 1.37. The molecule has 2 aromatic rings. The van der Waals surface area contributed by atoms with Crippen LogP contribution >= 0.6 is 11.3 Å². The number of sulfonamides is 1. The van der Waals surface area contributed by atoms with Crippen LogP contribution in [0, 0.1) is 0 Å². The molecule has 1 heterocycles. The Morgan fingerprint density at radius 2 is 1.70 bits per heavy atom. The van der Waals surface area contributed by atoms with Gasteiger partial charge in [0.15, 0.2) is 0 Å². The van der Waals surface area contributed by atoms with Crippen molar-refractivity contribution < 1.29 is 13.2 Å². The molecule has 1 aromatic heterocycles. The molecule has 0 aliphatic heterocycles. The topological polar surface area (TPSA) is 101 Å². The fourth-order valence-corrected chi connectivity index (χ4v) is 4.93. The lowest BCUT2D eigenvalue weighted by Gasteiger charge is -2.20. The molecular weight excluding hydrogens is 384 g/mol. The second-order valence-corrected chi connectivity index (χ2v) is 9.98. The van der Waals surface area contributed by atoms with E-state index >= 15 is 0 Å². The second kappa shape index (κ2) is 8.45. The molecule has 0 radical (unpaired) electrons. The van der Waals surface area contributed by atoms with E-state index in [0.29, 0.717) is 16.6 Å². The summed E-state index contributed by atoms with van der Waals surface area (Å²) in [7, 11) is -3.63. The summed E-state index contributed by atoms with van der Waals surface area (Å²) in [5.74, 6) is -0.0112. The molecule has 27 heavy (non-hydrogen) atoms. The highest BCUT2D eigenvalue weighted by Crippen LogP contribution is 2.28. The Bertz CT molecular complexity index is 880. The molecule has 2 N–H and O–H groups in total. The number of hydrogen-bond acceptors (Lipinski definition) is 6. The van der Waals surface area contributed by atoms with Gasteiger partial charge >= 0.3 is 0 Å². The monoisotopic (exact) mass is 410 g/mol. The maximum absolute atomic E-state index is 12.4. The SMILES string of the molecule is CCC(CC)c1nnc(NC(=O)c2ccc(S(=O)(=O)NC(C)(C)C)cc2)s1. The Kier molecular flexibility index (Phi) is 6.72. The molecule has 7 nitrogen and oxygen atoms in total. The van der Waals surface area contributed by atoms with Gasteiger partial charge in [-0.05, 0) is 57.9 Å². The van der Waals surface area contributed by atoms with E-state index in [2.05, 4.69) is 34.1 Å². The lowest BCUT2D eigenvalue weighted by Crippen LogP contribution is -2.40. The average Bonchev–Trinajstić information content (AvgIpc) is 3.02. The third kappa shape index (κ3) is 5.82. The van der Waals surface area contributed by atoms with Gasteiger partial charge in [-0.2, -0.15) is 0 Å². The van der Waals surface area contributed by atoms with Crippen LogP contribution in [0.25, 0.3) is 0 Å². The van der Waals surface area contributed by atoms with Crippen LogP contribution in [0.1, 0.15) is 68.7 Å². The van der Waals surface area contributed by atoms with Crippen LogP contribution in [-0.2, 0) is 10.0 Å². The average molecular weight is 411 g/mol. The standard InChI is InChI=1S/C18H26N4O3S2/c1-6-12(7-2)16-20-21-17(26-16)19-15(23)13-8-10-14(11-9-13)27(24,25)22-18(3,4)5/h8-12,22H,6-7H2,1-5H3,(H,19,21,23). The van der Waals surface area contributed by atoms with E-state index in [1.54, 1.807) is 20.8 Å². The Hall–Kier alpha value is -1.84. The van der Waals surface area contributed by atoms with Gasteiger partial charge in [0.2, 0.25) is 15.2 Å².